The summed E-state index contributed by atoms with van der Waals surface area (Å²) in [4.78, 5) is 20.6. The molecule has 2 heterocycles. The second kappa shape index (κ2) is 3.21. The van der Waals surface area contributed by atoms with Crippen LogP contribution < -0.4 is 5.56 Å². The Labute approximate surface area is 78.6 Å². The molecule has 0 radical (unpaired) electrons. The van der Waals surface area contributed by atoms with Crippen molar-refractivity contribution in [2.45, 2.75) is 19.9 Å². The highest BCUT2D eigenvalue weighted by Crippen LogP contribution is 2.05. The van der Waals surface area contributed by atoms with E-state index < -0.39 is 11.6 Å². The Morgan fingerprint density at radius 3 is 3.14 bits per heavy atom. The van der Waals surface area contributed by atoms with Gasteiger partial charge in [-0.25, -0.2) is 4.98 Å². The van der Waals surface area contributed by atoms with E-state index in [9.17, 15) is 9.18 Å². The number of hydrogen-bond acceptors (Lipinski definition) is 3. The number of aromatic amines is 1. The summed E-state index contributed by atoms with van der Waals surface area (Å²) < 4.78 is 14.4. The van der Waals surface area contributed by atoms with Gasteiger partial charge in [0, 0.05) is 6.54 Å². The minimum atomic E-state index is -0.875. The van der Waals surface area contributed by atoms with E-state index in [1.54, 1.807) is 4.57 Å². The van der Waals surface area contributed by atoms with E-state index in [0.717, 1.165) is 6.42 Å². The molecule has 2 aromatic rings. The molecular weight excluding hydrogens is 187 g/mol. The maximum Gasteiger partial charge on any atom is 0.291 e. The number of H-pyrrole nitrogens is 1. The lowest BCUT2D eigenvalue weighted by Crippen LogP contribution is -2.11. The van der Waals surface area contributed by atoms with Crippen molar-refractivity contribution in [1.82, 2.24) is 19.5 Å². The van der Waals surface area contributed by atoms with Crippen LogP contribution in [0.4, 0.5) is 4.39 Å². The van der Waals surface area contributed by atoms with Crippen LogP contribution in [0.3, 0.4) is 0 Å². The molecule has 0 unspecified atom stereocenters. The molecule has 0 aromatic carbocycles. The van der Waals surface area contributed by atoms with Crippen LogP contribution in [0.2, 0.25) is 0 Å². The average Bonchev–Trinajstić information content (AvgIpc) is 2.49. The monoisotopic (exact) mass is 196 g/mol. The normalized spacial score (nSPS) is 11.0. The Hall–Kier alpha value is -1.72. The molecule has 0 fully saturated rings. The van der Waals surface area contributed by atoms with Gasteiger partial charge in [0.25, 0.3) is 11.6 Å². The number of fused-ring (bicyclic) bond motifs is 1. The van der Waals surface area contributed by atoms with Gasteiger partial charge in [-0.2, -0.15) is 9.37 Å². The zero-order chi connectivity index (χ0) is 10.1. The van der Waals surface area contributed by atoms with Crippen LogP contribution in [0, 0.1) is 6.08 Å². The maximum absolute atomic E-state index is 12.8. The van der Waals surface area contributed by atoms with Crippen LogP contribution in [-0.2, 0) is 6.54 Å². The summed E-state index contributed by atoms with van der Waals surface area (Å²) in [6.07, 6.45) is 1.50. The zero-order valence-corrected chi connectivity index (χ0v) is 7.62. The predicted molar refractivity (Wildman–Crippen MR) is 48.4 cm³/mol. The first-order chi connectivity index (χ1) is 6.72. The summed E-state index contributed by atoms with van der Waals surface area (Å²) in [7, 11) is 0. The molecule has 0 saturated heterocycles. The molecule has 6 heteroatoms. The molecule has 2 aromatic heterocycles. The van der Waals surface area contributed by atoms with Crippen LogP contribution in [0.1, 0.15) is 13.3 Å². The molecule has 0 spiro atoms. The number of aromatic nitrogens is 4. The first kappa shape index (κ1) is 8.86. The van der Waals surface area contributed by atoms with Crippen LogP contribution in [0.25, 0.3) is 11.2 Å². The standard InChI is InChI=1S/C8H9FN4O/c1-2-3-13-4-10-5-6(13)11-8(9)12-7(5)14/h4H,2-3H2,1H3,(H,11,12,14). The summed E-state index contributed by atoms with van der Waals surface area (Å²) in [5.74, 6) is 0. The fourth-order valence-electron chi connectivity index (χ4n) is 1.33. The molecular formula is C8H9FN4O. The molecule has 0 saturated carbocycles. The number of nitrogens with one attached hydrogen (secondary N) is 1. The number of rotatable bonds is 2. The van der Waals surface area contributed by atoms with Gasteiger partial charge in [-0.3, -0.25) is 9.78 Å². The van der Waals surface area contributed by atoms with Gasteiger partial charge in [0.05, 0.1) is 6.33 Å². The molecule has 0 aliphatic carbocycles. The van der Waals surface area contributed by atoms with Crippen LogP contribution in [-0.4, -0.2) is 19.5 Å². The molecule has 0 aliphatic rings. The number of hydrogen-bond donors (Lipinski definition) is 1. The Kier molecular flexibility index (Phi) is 2.03. The minimum Gasteiger partial charge on any atom is -0.315 e. The molecule has 14 heavy (non-hydrogen) atoms. The molecule has 2 rings (SSSR count). The molecule has 74 valence electrons. The first-order valence-corrected chi connectivity index (χ1v) is 4.33. The third kappa shape index (κ3) is 1.28. The van der Waals surface area contributed by atoms with E-state index in [0.29, 0.717) is 12.2 Å². The van der Waals surface area contributed by atoms with Crippen molar-refractivity contribution >= 4 is 11.2 Å². The van der Waals surface area contributed by atoms with E-state index in [-0.39, 0.29) is 5.52 Å². The van der Waals surface area contributed by atoms with E-state index in [1.807, 2.05) is 11.9 Å². The van der Waals surface area contributed by atoms with Gasteiger partial charge in [0.1, 0.15) is 0 Å². The Bertz CT molecular complexity index is 516. The predicted octanol–water partition coefficient (Wildman–Crippen LogP) is 0.669. The van der Waals surface area contributed by atoms with E-state index >= 15 is 0 Å². The van der Waals surface area contributed by atoms with Crippen LogP contribution in [0.15, 0.2) is 11.1 Å². The highest BCUT2D eigenvalue weighted by Gasteiger charge is 2.08. The molecule has 0 bridgehead atoms. The summed E-state index contributed by atoms with van der Waals surface area (Å²) in [6, 6.07) is 0. The van der Waals surface area contributed by atoms with E-state index in [1.165, 1.54) is 6.33 Å². The highest BCUT2D eigenvalue weighted by atomic mass is 19.1. The summed E-state index contributed by atoms with van der Waals surface area (Å²) in [5.41, 5.74) is -0.0599. The molecule has 0 aliphatic heterocycles. The summed E-state index contributed by atoms with van der Waals surface area (Å²) >= 11 is 0. The second-order valence-electron chi connectivity index (χ2n) is 2.97. The largest absolute Gasteiger partial charge is 0.315 e. The number of imidazole rings is 1. The fraction of sp³-hybridized carbons (Fsp3) is 0.375. The van der Waals surface area contributed by atoms with Crippen molar-refractivity contribution in [2.75, 3.05) is 0 Å². The van der Waals surface area contributed by atoms with Crippen molar-refractivity contribution in [3.8, 4) is 0 Å². The summed E-state index contributed by atoms with van der Waals surface area (Å²) in [5, 5.41) is 0. The van der Waals surface area contributed by atoms with Crippen molar-refractivity contribution < 1.29 is 4.39 Å². The minimum absolute atomic E-state index is 0.180. The Morgan fingerprint density at radius 2 is 2.43 bits per heavy atom. The second-order valence-corrected chi connectivity index (χ2v) is 2.97. The third-order valence-corrected chi connectivity index (χ3v) is 1.91. The molecule has 0 atom stereocenters. The van der Waals surface area contributed by atoms with Crippen molar-refractivity contribution in [3.63, 3.8) is 0 Å². The fourth-order valence-corrected chi connectivity index (χ4v) is 1.33. The number of aryl methyl sites for hydroxylation is 1. The lowest BCUT2D eigenvalue weighted by atomic mass is 10.4. The topological polar surface area (TPSA) is 63.6 Å². The van der Waals surface area contributed by atoms with E-state index in [4.69, 9.17) is 0 Å². The third-order valence-electron chi connectivity index (χ3n) is 1.91. The molecule has 0 amide bonds. The number of halogens is 1. The quantitative estimate of drug-likeness (QED) is 0.718. The lowest BCUT2D eigenvalue weighted by Gasteiger charge is -1.98. The van der Waals surface area contributed by atoms with Crippen molar-refractivity contribution in [1.29, 1.82) is 0 Å². The smallest absolute Gasteiger partial charge is 0.291 e. The molecule has 1 N–H and O–H groups in total. The zero-order valence-electron chi connectivity index (χ0n) is 7.62. The average molecular weight is 196 g/mol. The van der Waals surface area contributed by atoms with Gasteiger partial charge in [0.15, 0.2) is 11.2 Å². The SMILES string of the molecule is CCCn1cnc2c(=O)[nH]c(F)nc21. The van der Waals surface area contributed by atoms with Gasteiger partial charge in [0.2, 0.25) is 0 Å². The van der Waals surface area contributed by atoms with Gasteiger partial charge in [-0.15, -0.1) is 0 Å². The van der Waals surface area contributed by atoms with Crippen LogP contribution >= 0.6 is 0 Å². The Morgan fingerprint density at radius 1 is 1.64 bits per heavy atom. The molecule has 5 nitrogen and oxygen atoms in total. The highest BCUT2D eigenvalue weighted by molar-refractivity contribution is 5.68. The van der Waals surface area contributed by atoms with Gasteiger partial charge in [-0.05, 0) is 6.42 Å². The Balaban J connectivity index is 2.72. The van der Waals surface area contributed by atoms with Gasteiger partial charge < -0.3 is 4.57 Å². The van der Waals surface area contributed by atoms with Gasteiger partial charge >= 0.3 is 0 Å². The maximum atomic E-state index is 12.8. The van der Waals surface area contributed by atoms with Crippen molar-refractivity contribution in [2.24, 2.45) is 0 Å². The lowest BCUT2D eigenvalue weighted by molar-refractivity contribution is 0.536. The first-order valence-electron chi connectivity index (χ1n) is 4.33. The van der Waals surface area contributed by atoms with Crippen molar-refractivity contribution in [3.05, 3.63) is 22.8 Å². The van der Waals surface area contributed by atoms with Crippen LogP contribution in [0.5, 0.6) is 0 Å². The van der Waals surface area contributed by atoms with Gasteiger partial charge in [-0.1, -0.05) is 6.92 Å². The summed E-state index contributed by atoms with van der Waals surface area (Å²) in [6.45, 7) is 2.65. The van der Waals surface area contributed by atoms with E-state index in [2.05, 4.69) is 9.97 Å². The number of nitrogens with zero attached hydrogens (tertiary/aromatic N) is 3.